The first-order chi connectivity index (χ1) is 13.6. The van der Waals surface area contributed by atoms with E-state index in [9.17, 15) is 4.79 Å². The monoisotopic (exact) mass is 405 g/mol. The van der Waals surface area contributed by atoms with Crippen molar-refractivity contribution in [2.75, 3.05) is 35.0 Å². The number of hydrogen-bond acceptors (Lipinski definition) is 7. The van der Waals surface area contributed by atoms with Gasteiger partial charge in [0.15, 0.2) is 11.3 Å². The fourth-order valence-corrected chi connectivity index (χ4v) is 3.66. The lowest BCUT2D eigenvalue weighted by Gasteiger charge is -2.13. The summed E-state index contributed by atoms with van der Waals surface area (Å²) in [6.45, 7) is 0.287. The number of nitrogens with one attached hydrogen (secondary N) is 1. The van der Waals surface area contributed by atoms with Crippen LogP contribution < -0.4 is 14.8 Å². The average molecular weight is 405 g/mol. The summed E-state index contributed by atoms with van der Waals surface area (Å²) in [5.41, 5.74) is 2.43. The highest BCUT2D eigenvalue weighted by Crippen LogP contribution is 2.34. The van der Waals surface area contributed by atoms with E-state index in [2.05, 4.69) is 10.3 Å². The van der Waals surface area contributed by atoms with Crippen molar-refractivity contribution in [1.29, 1.82) is 0 Å². The number of aromatic nitrogens is 2. The maximum atomic E-state index is 12.3. The Balaban J connectivity index is 1.81. The van der Waals surface area contributed by atoms with Gasteiger partial charge in [-0.1, -0.05) is 0 Å². The summed E-state index contributed by atoms with van der Waals surface area (Å²) in [6, 6.07) is 5.56. The predicted octanol–water partition coefficient (Wildman–Crippen LogP) is 2.36. The molecule has 0 saturated carbocycles. The number of imidazole rings is 1. The number of nitrogens with zero attached hydrogens (tertiary/aromatic N) is 2. The Kier molecular flexibility index (Phi) is 6.50. The van der Waals surface area contributed by atoms with E-state index >= 15 is 0 Å². The van der Waals surface area contributed by atoms with Gasteiger partial charge in [-0.2, -0.15) is 0 Å². The molecule has 0 atom stereocenters. The van der Waals surface area contributed by atoms with Crippen LogP contribution in [0.15, 0.2) is 29.8 Å². The third-order valence-electron chi connectivity index (χ3n) is 4.30. The summed E-state index contributed by atoms with van der Waals surface area (Å²) >= 11 is 1.48. The molecule has 1 amide bonds. The molecule has 0 spiro atoms. The number of carbonyl (C=O) groups excluding carboxylic acids is 1. The zero-order valence-corrected chi connectivity index (χ0v) is 17.0. The van der Waals surface area contributed by atoms with Gasteiger partial charge in [0, 0.05) is 37.1 Å². The number of ether oxygens (including phenoxy) is 4. The first-order valence-electron chi connectivity index (χ1n) is 8.59. The highest BCUT2D eigenvalue weighted by atomic mass is 32.1. The van der Waals surface area contributed by atoms with Crippen molar-refractivity contribution in [3.8, 4) is 22.8 Å². The van der Waals surface area contributed by atoms with E-state index in [1.807, 2.05) is 34.2 Å². The zero-order valence-electron chi connectivity index (χ0n) is 16.2. The van der Waals surface area contributed by atoms with Gasteiger partial charge in [0.25, 0.3) is 0 Å². The van der Waals surface area contributed by atoms with Gasteiger partial charge in [0.2, 0.25) is 5.91 Å². The van der Waals surface area contributed by atoms with Crippen LogP contribution in [0, 0.1) is 0 Å². The fourth-order valence-electron chi connectivity index (χ4n) is 2.79. The minimum absolute atomic E-state index is 0.118. The van der Waals surface area contributed by atoms with Crippen LogP contribution in [0.2, 0.25) is 0 Å². The van der Waals surface area contributed by atoms with Gasteiger partial charge >= 0.3 is 0 Å². The lowest BCUT2D eigenvalue weighted by atomic mass is 10.1. The van der Waals surface area contributed by atoms with E-state index in [1.54, 1.807) is 14.2 Å². The van der Waals surface area contributed by atoms with Gasteiger partial charge < -0.3 is 24.3 Å². The second kappa shape index (κ2) is 9.05. The van der Waals surface area contributed by atoms with Crippen molar-refractivity contribution in [2.24, 2.45) is 0 Å². The second-order valence-electron chi connectivity index (χ2n) is 5.95. The molecule has 8 nitrogen and oxygen atoms in total. The Morgan fingerprint density at radius 2 is 2.00 bits per heavy atom. The first-order valence-corrected chi connectivity index (χ1v) is 9.47. The van der Waals surface area contributed by atoms with Crippen molar-refractivity contribution in [1.82, 2.24) is 14.7 Å². The number of fused-ring (bicyclic) bond motifs is 1. The minimum Gasteiger partial charge on any atom is -0.497 e. The number of hydrogen-bond donors (Lipinski definition) is 1. The van der Waals surface area contributed by atoms with E-state index in [4.69, 9.17) is 18.9 Å². The van der Waals surface area contributed by atoms with Crippen LogP contribution in [-0.2, 0) is 20.7 Å². The topological polar surface area (TPSA) is 83.3 Å². The highest BCUT2D eigenvalue weighted by molar-refractivity contribution is 7.15. The molecule has 0 aliphatic heterocycles. The summed E-state index contributed by atoms with van der Waals surface area (Å²) in [6.07, 6.45) is 1.66. The molecule has 0 saturated heterocycles. The fraction of sp³-hybridized carbons (Fsp3) is 0.368. The second-order valence-corrected chi connectivity index (χ2v) is 6.79. The van der Waals surface area contributed by atoms with Crippen molar-refractivity contribution < 1.29 is 23.7 Å². The summed E-state index contributed by atoms with van der Waals surface area (Å²) in [7, 11) is 6.30. The molecule has 2 heterocycles. The SMILES string of the molecule is COc1ccc(OC)c(-c2cn3c(CC(=O)NCC(OC)OC)csc3n2)c1. The molecule has 0 fully saturated rings. The number of amides is 1. The van der Waals surface area contributed by atoms with E-state index in [0.717, 1.165) is 27.7 Å². The van der Waals surface area contributed by atoms with Gasteiger partial charge in [-0.25, -0.2) is 4.98 Å². The van der Waals surface area contributed by atoms with Crippen molar-refractivity contribution in [3.63, 3.8) is 0 Å². The maximum Gasteiger partial charge on any atom is 0.226 e. The van der Waals surface area contributed by atoms with Crippen LogP contribution in [0.1, 0.15) is 5.69 Å². The quantitative estimate of drug-likeness (QED) is 0.550. The van der Waals surface area contributed by atoms with Gasteiger partial charge in [-0.05, 0) is 18.2 Å². The van der Waals surface area contributed by atoms with Crippen LogP contribution in [0.3, 0.4) is 0 Å². The van der Waals surface area contributed by atoms with Gasteiger partial charge in [-0.3, -0.25) is 9.20 Å². The molecule has 0 unspecified atom stereocenters. The molecule has 2 aromatic heterocycles. The zero-order chi connectivity index (χ0) is 20.1. The predicted molar refractivity (Wildman–Crippen MR) is 106 cm³/mol. The molecule has 0 bridgehead atoms. The normalized spacial score (nSPS) is 11.2. The average Bonchev–Trinajstić information content (AvgIpc) is 3.30. The van der Waals surface area contributed by atoms with Crippen LogP contribution in [-0.4, -0.2) is 56.6 Å². The number of thiazole rings is 1. The van der Waals surface area contributed by atoms with Gasteiger partial charge in [0.1, 0.15) is 11.5 Å². The number of carbonyl (C=O) groups is 1. The Morgan fingerprint density at radius 3 is 2.68 bits per heavy atom. The molecule has 3 rings (SSSR count). The van der Waals surface area contributed by atoms with Crippen LogP contribution >= 0.6 is 11.3 Å². The van der Waals surface area contributed by atoms with Crippen molar-refractivity contribution >= 4 is 22.2 Å². The van der Waals surface area contributed by atoms with Crippen LogP contribution in [0.25, 0.3) is 16.2 Å². The van der Waals surface area contributed by atoms with E-state index in [1.165, 1.54) is 25.6 Å². The Hall–Kier alpha value is -2.62. The molecule has 150 valence electrons. The number of rotatable bonds is 9. The molecule has 28 heavy (non-hydrogen) atoms. The van der Waals surface area contributed by atoms with Crippen molar-refractivity contribution in [3.05, 3.63) is 35.5 Å². The van der Waals surface area contributed by atoms with Gasteiger partial charge in [-0.15, -0.1) is 11.3 Å². The molecular weight excluding hydrogens is 382 g/mol. The lowest BCUT2D eigenvalue weighted by molar-refractivity contribution is -0.126. The summed E-state index contributed by atoms with van der Waals surface area (Å²) in [4.78, 5) is 17.7. The third kappa shape index (κ3) is 4.27. The van der Waals surface area contributed by atoms with Crippen LogP contribution in [0.4, 0.5) is 0 Å². The molecular formula is C19H23N3O5S. The molecule has 0 radical (unpaired) electrons. The molecule has 1 N–H and O–H groups in total. The van der Waals surface area contributed by atoms with E-state index in [0.29, 0.717) is 5.75 Å². The summed E-state index contributed by atoms with van der Waals surface area (Å²) < 4.78 is 22.8. The van der Waals surface area contributed by atoms with Gasteiger partial charge in [0.05, 0.1) is 32.9 Å². The highest BCUT2D eigenvalue weighted by Gasteiger charge is 2.16. The van der Waals surface area contributed by atoms with E-state index in [-0.39, 0.29) is 18.9 Å². The lowest BCUT2D eigenvalue weighted by Crippen LogP contribution is -2.35. The largest absolute Gasteiger partial charge is 0.497 e. The smallest absolute Gasteiger partial charge is 0.226 e. The number of benzene rings is 1. The summed E-state index contributed by atoms with van der Waals surface area (Å²) in [5, 5.41) is 4.73. The molecule has 0 aliphatic carbocycles. The molecule has 1 aromatic carbocycles. The van der Waals surface area contributed by atoms with E-state index < -0.39 is 6.29 Å². The number of methoxy groups -OCH3 is 4. The summed E-state index contributed by atoms with van der Waals surface area (Å²) in [5.74, 6) is 1.31. The standard InChI is InChI=1S/C19H23N3O5S/c1-24-13-5-6-16(25-2)14(8-13)15-10-22-12(11-28-19(22)21-15)7-17(23)20-9-18(26-3)27-4/h5-6,8,10-11,18H,7,9H2,1-4H3,(H,20,23). The minimum atomic E-state index is -0.466. The Labute approximate surface area is 167 Å². The first kappa shape index (κ1) is 20.1. The molecule has 3 aromatic rings. The maximum absolute atomic E-state index is 12.3. The van der Waals surface area contributed by atoms with Crippen LogP contribution in [0.5, 0.6) is 11.5 Å². The molecule has 0 aliphatic rings. The Bertz CT molecular complexity index is 948. The third-order valence-corrected chi connectivity index (χ3v) is 5.19. The van der Waals surface area contributed by atoms with Crippen molar-refractivity contribution in [2.45, 2.75) is 12.7 Å². The Morgan fingerprint density at radius 1 is 1.21 bits per heavy atom. The molecule has 9 heteroatoms.